The van der Waals surface area contributed by atoms with E-state index >= 15 is 0 Å². The Balaban J connectivity index is 2.47. The number of carbonyl (C=O) groups excluding carboxylic acids is 1. The molecule has 0 saturated carbocycles. The van der Waals surface area contributed by atoms with Gasteiger partial charge >= 0.3 is 6.18 Å². The van der Waals surface area contributed by atoms with Crippen LogP contribution in [-0.4, -0.2) is 16.0 Å². The Hall–Kier alpha value is -2.05. The predicted molar refractivity (Wildman–Crippen MR) is 56.6 cm³/mol. The minimum absolute atomic E-state index is 0.200. The van der Waals surface area contributed by atoms with Crippen molar-refractivity contribution in [2.75, 3.05) is 0 Å². The molecular formula is C11H9F3N2O2. The topological polar surface area (TPSA) is 44.1 Å². The lowest BCUT2D eigenvalue weighted by atomic mass is 10.3. The number of fused-ring (bicyclic) bond motifs is 1. The zero-order valence-electron chi connectivity index (χ0n) is 9.31. The lowest BCUT2D eigenvalue weighted by Gasteiger charge is -2.13. The van der Waals surface area contributed by atoms with Crippen LogP contribution in [0.1, 0.15) is 18.8 Å². The molecule has 2 rings (SSSR count). The van der Waals surface area contributed by atoms with E-state index in [4.69, 9.17) is 4.74 Å². The highest BCUT2D eigenvalue weighted by Crippen LogP contribution is 2.29. The van der Waals surface area contributed by atoms with Gasteiger partial charge in [-0.1, -0.05) is 0 Å². The third kappa shape index (κ3) is 2.15. The maximum absolute atomic E-state index is 12.5. The van der Waals surface area contributed by atoms with Gasteiger partial charge in [-0.25, -0.2) is 4.98 Å². The number of pyridine rings is 1. The summed E-state index contributed by atoms with van der Waals surface area (Å²) in [4.78, 5) is 13.8. The van der Waals surface area contributed by atoms with E-state index in [1.54, 1.807) is 6.92 Å². The van der Waals surface area contributed by atoms with Gasteiger partial charge in [-0.15, -0.1) is 0 Å². The standard InChI is InChI=1S/C11H9F3N2O2/c1-7(18-6-17)16-5-4-8-9(16)2-3-10(15-8)11(12,13)14/h2-7H,1H3. The number of rotatable bonds is 3. The van der Waals surface area contributed by atoms with E-state index in [9.17, 15) is 18.0 Å². The van der Waals surface area contributed by atoms with Gasteiger partial charge in [-0.3, -0.25) is 4.79 Å². The van der Waals surface area contributed by atoms with E-state index in [2.05, 4.69) is 4.98 Å². The largest absolute Gasteiger partial charge is 0.444 e. The van der Waals surface area contributed by atoms with Crippen molar-refractivity contribution >= 4 is 17.5 Å². The second-order valence-electron chi connectivity index (χ2n) is 3.65. The molecule has 0 amide bonds. The van der Waals surface area contributed by atoms with Crippen molar-refractivity contribution in [3.63, 3.8) is 0 Å². The second-order valence-corrected chi connectivity index (χ2v) is 3.65. The van der Waals surface area contributed by atoms with Crippen LogP contribution in [0.4, 0.5) is 13.2 Å². The maximum atomic E-state index is 12.5. The summed E-state index contributed by atoms with van der Waals surface area (Å²) < 4.78 is 43.6. The molecule has 7 heteroatoms. The molecule has 0 bridgehead atoms. The van der Waals surface area contributed by atoms with Gasteiger partial charge in [0, 0.05) is 6.20 Å². The molecule has 0 radical (unpaired) electrons. The molecule has 0 aliphatic heterocycles. The van der Waals surface area contributed by atoms with Gasteiger partial charge in [0.05, 0.1) is 11.0 Å². The summed E-state index contributed by atoms with van der Waals surface area (Å²) in [6, 6.07) is 3.64. The first kappa shape index (κ1) is 12.4. The molecule has 2 aromatic rings. The Morgan fingerprint density at radius 2 is 2.11 bits per heavy atom. The minimum Gasteiger partial charge on any atom is -0.444 e. The van der Waals surface area contributed by atoms with E-state index in [1.807, 2.05) is 0 Å². The molecule has 1 unspecified atom stereocenters. The van der Waals surface area contributed by atoms with Crippen LogP contribution in [0, 0.1) is 0 Å². The van der Waals surface area contributed by atoms with Crippen LogP contribution >= 0.6 is 0 Å². The van der Waals surface area contributed by atoms with Crippen LogP contribution in [0.2, 0.25) is 0 Å². The summed E-state index contributed by atoms with van der Waals surface area (Å²) in [7, 11) is 0. The Bertz CT molecular complexity index is 577. The molecule has 0 aromatic carbocycles. The average Bonchev–Trinajstić information content (AvgIpc) is 2.70. The van der Waals surface area contributed by atoms with Gasteiger partial charge in [0.15, 0.2) is 6.23 Å². The zero-order valence-corrected chi connectivity index (χ0v) is 9.31. The van der Waals surface area contributed by atoms with Crippen LogP contribution in [0.15, 0.2) is 24.4 Å². The van der Waals surface area contributed by atoms with E-state index in [0.717, 1.165) is 6.07 Å². The molecule has 0 aliphatic rings. The number of alkyl halides is 3. The van der Waals surface area contributed by atoms with Gasteiger partial charge in [0.1, 0.15) is 5.69 Å². The third-order valence-corrected chi connectivity index (χ3v) is 2.51. The summed E-state index contributed by atoms with van der Waals surface area (Å²) in [5.74, 6) is 0. The summed E-state index contributed by atoms with van der Waals surface area (Å²) in [6.45, 7) is 1.89. The van der Waals surface area contributed by atoms with Crippen molar-refractivity contribution in [3.05, 3.63) is 30.1 Å². The summed E-state index contributed by atoms with van der Waals surface area (Å²) in [5.41, 5.74) is -0.278. The molecule has 0 fully saturated rings. The Labute approximate surface area is 100.0 Å². The highest BCUT2D eigenvalue weighted by molar-refractivity contribution is 5.76. The van der Waals surface area contributed by atoms with E-state index in [1.165, 1.54) is 22.9 Å². The van der Waals surface area contributed by atoms with Crippen molar-refractivity contribution in [1.29, 1.82) is 0 Å². The second kappa shape index (κ2) is 4.32. The first-order valence-electron chi connectivity index (χ1n) is 5.07. The monoisotopic (exact) mass is 258 g/mol. The molecule has 0 aliphatic carbocycles. The first-order chi connectivity index (χ1) is 8.43. The van der Waals surface area contributed by atoms with Crippen molar-refractivity contribution < 1.29 is 22.7 Å². The Morgan fingerprint density at radius 3 is 2.72 bits per heavy atom. The molecule has 0 N–H and O–H groups in total. The molecule has 2 aromatic heterocycles. The highest BCUT2D eigenvalue weighted by Gasteiger charge is 2.32. The van der Waals surface area contributed by atoms with E-state index < -0.39 is 18.1 Å². The van der Waals surface area contributed by atoms with Gasteiger partial charge in [-0.2, -0.15) is 13.2 Å². The number of nitrogens with zero attached hydrogens (tertiary/aromatic N) is 2. The summed E-state index contributed by atoms with van der Waals surface area (Å²) in [6.07, 6.45) is -3.55. The smallest absolute Gasteiger partial charge is 0.433 e. The fourth-order valence-electron chi connectivity index (χ4n) is 1.66. The van der Waals surface area contributed by atoms with Gasteiger partial charge in [0.25, 0.3) is 6.47 Å². The fraction of sp³-hybridized carbons (Fsp3) is 0.273. The van der Waals surface area contributed by atoms with E-state index in [-0.39, 0.29) is 12.0 Å². The number of carbonyl (C=O) groups is 1. The summed E-state index contributed by atoms with van der Waals surface area (Å²) >= 11 is 0. The van der Waals surface area contributed by atoms with Crippen molar-refractivity contribution in [2.45, 2.75) is 19.3 Å². The third-order valence-electron chi connectivity index (χ3n) is 2.51. The quantitative estimate of drug-likeness (QED) is 0.795. The van der Waals surface area contributed by atoms with E-state index in [0.29, 0.717) is 5.52 Å². The minimum atomic E-state index is -4.47. The molecule has 96 valence electrons. The van der Waals surface area contributed by atoms with Crippen LogP contribution in [0.3, 0.4) is 0 Å². The van der Waals surface area contributed by atoms with Crippen molar-refractivity contribution in [3.8, 4) is 0 Å². The number of hydrogen-bond acceptors (Lipinski definition) is 3. The normalized spacial score (nSPS) is 13.6. The molecule has 2 heterocycles. The zero-order chi connectivity index (χ0) is 13.3. The Kier molecular flexibility index (Phi) is 2.98. The molecule has 18 heavy (non-hydrogen) atoms. The van der Waals surface area contributed by atoms with Crippen LogP contribution in [0.5, 0.6) is 0 Å². The molecular weight excluding hydrogens is 249 g/mol. The SMILES string of the molecule is CC(OC=O)n1ccc2nc(C(F)(F)F)ccc21. The number of ether oxygens (including phenoxy) is 1. The first-order valence-corrected chi connectivity index (χ1v) is 5.07. The van der Waals surface area contributed by atoms with Gasteiger partial charge in [-0.05, 0) is 25.1 Å². The van der Waals surface area contributed by atoms with Crippen LogP contribution < -0.4 is 0 Å². The fourth-order valence-corrected chi connectivity index (χ4v) is 1.66. The summed E-state index contributed by atoms with van der Waals surface area (Å²) in [5, 5.41) is 0. The van der Waals surface area contributed by atoms with Crippen LogP contribution in [-0.2, 0) is 15.7 Å². The lowest BCUT2D eigenvalue weighted by molar-refractivity contribution is -0.141. The van der Waals surface area contributed by atoms with Crippen LogP contribution in [0.25, 0.3) is 11.0 Å². The molecule has 1 atom stereocenters. The molecule has 0 saturated heterocycles. The highest BCUT2D eigenvalue weighted by atomic mass is 19.4. The number of aromatic nitrogens is 2. The number of hydrogen-bond donors (Lipinski definition) is 0. The average molecular weight is 258 g/mol. The Morgan fingerprint density at radius 1 is 1.39 bits per heavy atom. The predicted octanol–water partition coefficient (Wildman–Crippen LogP) is 2.75. The molecule has 0 spiro atoms. The lowest BCUT2D eigenvalue weighted by Crippen LogP contribution is -2.09. The molecule has 4 nitrogen and oxygen atoms in total. The van der Waals surface area contributed by atoms with Gasteiger partial charge < -0.3 is 9.30 Å². The number of halogens is 3. The van der Waals surface area contributed by atoms with Crippen molar-refractivity contribution in [2.24, 2.45) is 0 Å². The van der Waals surface area contributed by atoms with Crippen molar-refractivity contribution in [1.82, 2.24) is 9.55 Å². The van der Waals surface area contributed by atoms with Gasteiger partial charge in [0.2, 0.25) is 0 Å². The maximum Gasteiger partial charge on any atom is 0.433 e.